The van der Waals surface area contributed by atoms with Gasteiger partial charge in [0, 0.05) is 19.4 Å². The first-order chi connectivity index (χ1) is 24.1. The first-order valence-electron chi connectivity index (χ1n) is 21.8. The van der Waals surface area contributed by atoms with Gasteiger partial charge in [0.2, 0.25) is 0 Å². The van der Waals surface area contributed by atoms with Gasteiger partial charge in [0.15, 0.2) is 0 Å². The number of hydrogen-bond acceptors (Lipinski definition) is 6. The molecule has 0 aliphatic rings. The Bertz CT molecular complexity index is 687. The van der Waals surface area contributed by atoms with Crippen LogP contribution in [0.5, 0.6) is 0 Å². The Morgan fingerprint density at radius 1 is 0.469 bits per heavy atom. The van der Waals surface area contributed by atoms with Crippen LogP contribution in [0.1, 0.15) is 226 Å². The van der Waals surface area contributed by atoms with Gasteiger partial charge in [0.25, 0.3) is 0 Å². The summed E-state index contributed by atoms with van der Waals surface area (Å²) < 4.78 is 11.4. The molecular weight excluding hydrogens is 610 g/mol. The Labute approximate surface area is 305 Å². The summed E-state index contributed by atoms with van der Waals surface area (Å²) in [7, 11) is 0. The van der Waals surface area contributed by atoms with Crippen molar-refractivity contribution in [3.8, 4) is 0 Å². The van der Waals surface area contributed by atoms with E-state index < -0.39 is 0 Å². The highest BCUT2D eigenvalue weighted by Crippen LogP contribution is 2.18. The monoisotopic (exact) mass is 696 g/mol. The number of hydrogen-bond donors (Lipinski definition) is 1. The zero-order chi connectivity index (χ0) is 35.9. The molecule has 0 spiro atoms. The number of aliphatic hydroxyl groups excluding tert-OH is 1. The Hall–Kier alpha value is -1.14. The summed E-state index contributed by atoms with van der Waals surface area (Å²) in [5.74, 6) is -0.0200. The van der Waals surface area contributed by atoms with E-state index in [0.717, 1.165) is 90.3 Å². The number of aliphatic hydroxyl groups is 1. The van der Waals surface area contributed by atoms with Crippen molar-refractivity contribution < 1.29 is 24.2 Å². The second-order valence-electron chi connectivity index (χ2n) is 14.8. The second kappa shape index (κ2) is 39.6. The third-order valence-corrected chi connectivity index (χ3v) is 9.95. The predicted molar refractivity (Wildman–Crippen MR) is 209 cm³/mol. The molecule has 0 saturated carbocycles. The molecule has 0 aliphatic heterocycles. The number of ether oxygens (including phenoxy) is 2. The maximum atomic E-state index is 12.6. The number of rotatable bonds is 40. The van der Waals surface area contributed by atoms with E-state index in [9.17, 15) is 14.7 Å². The first kappa shape index (κ1) is 47.9. The molecule has 0 aliphatic carbocycles. The van der Waals surface area contributed by atoms with Gasteiger partial charge in [-0.15, -0.1) is 0 Å². The molecule has 0 heterocycles. The topological polar surface area (TPSA) is 76.1 Å². The summed E-state index contributed by atoms with van der Waals surface area (Å²) in [6.45, 7) is 10.4. The Morgan fingerprint density at radius 3 is 1.33 bits per heavy atom. The maximum absolute atomic E-state index is 12.6. The third-order valence-electron chi connectivity index (χ3n) is 9.95. The molecule has 0 aromatic heterocycles. The van der Waals surface area contributed by atoms with E-state index in [2.05, 4.69) is 25.7 Å². The molecule has 0 bridgehead atoms. The zero-order valence-electron chi connectivity index (χ0n) is 33.3. The quantitative estimate of drug-likeness (QED) is 0.0508. The lowest BCUT2D eigenvalue weighted by molar-refractivity contribution is -0.150. The van der Waals surface area contributed by atoms with Gasteiger partial charge in [-0.2, -0.15) is 0 Å². The van der Waals surface area contributed by atoms with Gasteiger partial charge < -0.3 is 19.5 Å². The van der Waals surface area contributed by atoms with E-state index in [1.165, 1.54) is 122 Å². The molecule has 49 heavy (non-hydrogen) atoms. The lowest BCUT2D eigenvalue weighted by Crippen LogP contribution is -2.29. The summed E-state index contributed by atoms with van der Waals surface area (Å²) in [6, 6.07) is 0. The van der Waals surface area contributed by atoms with Crippen molar-refractivity contribution in [1.29, 1.82) is 0 Å². The molecule has 1 unspecified atom stereocenters. The summed E-state index contributed by atoms with van der Waals surface area (Å²) in [4.78, 5) is 27.0. The third kappa shape index (κ3) is 36.5. The van der Waals surface area contributed by atoms with Gasteiger partial charge in [0.05, 0.1) is 13.2 Å². The minimum absolute atomic E-state index is 0.0115. The maximum Gasteiger partial charge on any atom is 0.306 e. The van der Waals surface area contributed by atoms with E-state index in [1.807, 2.05) is 0 Å². The van der Waals surface area contributed by atoms with Crippen LogP contribution in [-0.4, -0.2) is 60.9 Å². The highest BCUT2D eigenvalue weighted by molar-refractivity contribution is 5.69. The van der Waals surface area contributed by atoms with Crippen molar-refractivity contribution in [2.45, 2.75) is 232 Å². The largest absolute Gasteiger partial charge is 0.466 e. The second-order valence-corrected chi connectivity index (χ2v) is 14.8. The SMILES string of the molecule is CCCCCCCCCOC(=O)CCCCCCCN(CCO)CCCCCCCC(=O)OC(CCCCCCC)CCCCCCCC. The van der Waals surface area contributed by atoms with Crippen molar-refractivity contribution in [3.63, 3.8) is 0 Å². The van der Waals surface area contributed by atoms with Crippen molar-refractivity contribution >= 4 is 11.9 Å². The van der Waals surface area contributed by atoms with Gasteiger partial charge in [-0.1, -0.05) is 156 Å². The predicted octanol–water partition coefficient (Wildman–Crippen LogP) is 12.3. The molecule has 1 atom stereocenters. The summed E-state index contributed by atoms with van der Waals surface area (Å²) >= 11 is 0. The van der Waals surface area contributed by atoms with Crippen molar-refractivity contribution in [1.82, 2.24) is 4.90 Å². The van der Waals surface area contributed by atoms with Gasteiger partial charge in [-0.25, -0.2) is 0 Å². The molecular formula is C43H85NO5. The van der Waals surface area contributed by atoms with Crippen LogP contribution in [-0.2, 0) is 19.1 Å². The fourth-order valence-corrected chi connectivity index (χ4v) is 6.70. The Morgan fingerprint density at radius 2 is 0.857 bits per heavy atom. The van der Waals surface area contributed by atoms with Gasteiger partial charge in [-0.3, -0.25) is 9.59 Å². The normalized spacial score (nSPS) is 12.1. The van der Waals surface area contributed by atoms with Crippen molar-refractivity contribution in [3.05, 3.63) is 0 Å². The standard InChI is InChI=1S/C43H85NO5/c1-4-7-10-13-15-24-31-40-48-42(46)34-27-20-16-22-29-36-44(38-39-45)37-30-23-17-21-28-35-43(47)49-41(32-25-18-12-9-6-3)33-26-19-14-11-8-5-2/h41,45H,4-40H2,1-3H3. The number of carbonyl (C=O) groups is 2. The molecule has 0 rings (SSSR count). The Balaban J connectivity index is 3.91. The van der Waals surface area contributed by atoms with Gasteiger partial charge in [-0.05, 0) is 70.9 Å². The molecule has 292 valence electrons. The number of unbranched alkanes of at least 4 members (excludes halogenated alkanes) is 23. The van der Waals surface area contributed by atoms with E-state index in [1.54, 1.807) is 0 Å². The molecule has 6 heteroatoms. The summed E-state index contributed by atoms with van der Waals surface area (Å²) in [5.41, 5.74) is 0. The van der Waals surface area contributed by atoms with E-state index in [-0.39, 0.29) is 24.6 Å². The van der Waals surface area contributed by atoms with Crippen LogP contribution in [0, 0.1) is 0 Å². The highest BCUT2D eigenvalue weighted by atomic mass is 16.5. The molecule has 1 N–H and O–H groups in total. The average Bonchev–Trinajstić information content (AvgIpc) is 3.09. The van der Waals surface area contributed by atoms with Crippen LogP contribution in [0.25, 0.3) is 0 Å². The molecule has 0 aromatic rings. The van der Waals surface area contributed by atoms with Crippen molar-refractivity contribution in [2.75, 3.05) is 32.8 Å². The van der Waals surface area contributed by atoms with Crippen LogP contribution >= 0.6 is 0 Å². The fraction of sp³-hybridized carbons (Fsp3) is 0.953. The molecule has 6 nitrogen and oxygen atoms in total. The molecule has 0 fully saturated rings. The lowest BCUT2D eigenvalue weighted by atomic mass is 10.0. The lowest BCUT2D eigenvalue weighted by Gasteiger charge is -2.21. The zero-order valence-corrected chi connectivity index (χ0v) is 33.3. The first-order valence-corrected chi connectivity index (χ1v) is 21.8. The fourth-order valence-electron chi connectivity index (χ4n) is 6.70. The Kier molecular flexibility index (Phi) is 38.7. The minimum Gasteiger partial charge on any atom is -0.466 e. The van der Waals surface area contributed by atoms with Crippen LogP contribution < -0.4 is 0 Å². The number of nitrogens with zero attached hydrogens (tertiary/aromatic N) is 1. The molecule has 0 amide bonds. The smallest absolute Gasteiger partial charge is 0.306 e. The van der Waals surface area contributed by atoms with E-state index >= 15 is 0 Å². The van der Waals surface area contributed by atoms with Gasteiger partial charge in [0.1, 0.15) is 6.10 Å². The van der Waals surface area contributed by atoms with Crippen LogP contribution in [0.4, 0.5) is 0 Å². The summed E-state index contributed by atoms with van der Waals surface area (Å²) in [5, 5.41) is 9.53. The van der Waals surface area contributed by atoms with E-state index in [4.69, 9.17) is 9.47 Å². The van der Waals surface area contributed by atoms with Crippen LogP contribution in [0.2, 0.25) is 0 Å². The average molecular weight is 696 g/mol. The number of carbonyl (C=O) groups excluding carboxylic acids is 2. The van der Waals surface area contributed by atoms with Gasteiger partial charge >= 0.3 is 11.9 Å². The van der Waals surface area contributed by atoms with Crippen molar-refractivity contribution in [2.24, 2.45) is 0 Å². The van der Waals surface area contributed by atoms with E-state index in [0.29, 0.717) is 19.4 Å². The molecule has 0 radical (unpaired) electrons. The number of esters is 2. The van der Waals surface area contributed by atoms with Crippen LogP contribution in [0.3, 0.4) is 0 Å². The minimum atomic E-state index is -0.0315. The molecule has 0 saturated heterocycles. The molecule has 0 aromatic carbocycles. The van der Waals surface area contributed by atoms with Crippen LogP contribution in [0.15, 0.2) is 0 Å². The highest BCUT2D eigenvalue weighted by Gasteiger charge is 2.14. The summed E-state index contributed by atoms with van der Waals surface area (Å²) in [6.07, 6.45) is 36.9.